The topological polar surface area (TPSA) is 106 Å². The van der Waals surface area contributed by atoms with Crippen molar-refractivity contribution in [2.45, 2.75) is 8.67 Å². The first-order valence-corrected chi connectivity index (χ1v) is 5.52. The van der Waals surface area contributed by atoms with Gasteiger partial charge in [-0.3, -0.25) is 9.59 Å². The molecule has 0 atom stereocenters. The van der Waals surface area contributed by atoms with Crippen LogP contribution in [-0.4, -0.2) is 31.7 Å². The summed E-state index contributed by atoms with van der Waals surface area (Å²) in [6.45, 7) is 0. The van der Waals surface area contributed by atoms with E-state index in [0.717, 1.165) is 0 Å². The quantitative estimate of drug-likeness (QED) is 0.494. The summed E-state index contributed by atoms with van der Waals surface area (Å²) >= 11 is 22.4. The van der Waals surface area contributed by atoms with Crippen LogP contribution in [0.3, 0.4) is 0 Å². The van der Waals surface area contributed by atoms with Crippen molar-refractivity contribution >= 4 is 69.4 Å². The van der Waals surface area contributed by atoms with Crippen LogP contribution in [0.5, 0.6) is 0 Å². The molecule has 0 heterocycles. The zero-order valence-electron chi connectivity index (χ0n) is 8.12. The molecule has 10 heteroatoms. The number of hydrogen-bond donors (Lipinski definition) is 0. The molecule has 0 bridgehead atoms. The molecule has 1 fully saturated rings. The van der Waals surface area contributed by atoms with Crippen molar-refractivity contribution in [2.75, 3.05) is 0 Å². The molecule has 0 spiro atoms. The van der Waals surface area contributed by atoms with Crippen molar-refractivity contribution in [2.24, 2.45) is 9.98 Å². The maximum atomic E-state index is 11.8. The molecule has 0 aromatic rings. The van der Waals surface area contributed by atoms with Crippen LogP contribution in [0, 0.1) is 22.9 Å². The first-order chi connectivity index (χ1) is 8.21. The highest BCUT2D eigenvalue weighted by atomic mass is 35.5. The Balaban J connectivity index is 3.61. The van der Waals surface area contributed by atoms with Crippen LogP contribution in [0.4, 0.5) is 0 Å². The molecule has 0 aliphatic heterocycles. The minimum Gasteiger partial charge on any atom is -0.289 e. The number of aliphatic imine (C=N–C) groups is 2. The molecule has 0 aromatic heterocycles. The first-order valence-electron chi connectivity index (χ1n) is 4.01. The molecule has 0 amide bonds. The summed E-state index contributed by atoms with van der Waals surface area (Å²) in [4.78, 5) is 29.8. The van der Waals surface area contributed by atoms with Crippen molar-refractivity contribution in [3.05, 3.63) is 0 Å². The van der Waals surface area contributed by atoms with E-state index in [1.165, 1.54) is 12.4 Å². The van der Waals surface area contributed by atoms with Gasteiger partial charge in [-0.2, -0.15) is 20.5 Å². The van der Waals surface area contributed by atoms with Gasteiger partial charge in [0.2, 0.25) is 32.6 Å². The SMILES string of the molecule is N#CN=C1C(=O)C(Cl)(Cl)C(Cl)(Cl)C(=O)C1=NC#N. The van der Waals surface area contributed by atoms with Gasteiger partial charge in [0.15, 0.2) is 11.4 Å². The number of alkyl halides is 4. The van der Waals surface area contributed by atoms with E-state index in [9.17, 15) is 9.59 Å². The van der Waals surface area contributed by atoms with E-state index in [0.29, 0.717) is 0 Å². The smallest absolute Gasteiger partial charge is 0.224 e. The lowest BCUT2D eigenvalue weighted by Gasteiger charge is -2.34. The van der Waals surface area contributed by atoms with Crippen LogP contribution in [-0.2, 0) is 9.59 Å². The van der Waals surface area contributed by atoms with Gasteiger partial charge in [0.1, 0.15) is 0 Å². The van der Waals surface area contributed by atoms with Gasteiger partial charge in [-0.25, -0.2) is 0 Å². The average molecular weight is 326 g/mol. The number of nitriles is 2. The van der Waals surface area contributed by atoms with Gasteiger partial charge in [0.25, 0.3) is 0 Å². The molecule has 6 nitrogen and oxygen atoms in total. The number of hydrogen-bond acceptors (Lipinski definition) is 6. The summed E-state index contributed by atoms with van der Waals surface area (Å²) in [5.74, 6) is -2.38. The van der Waals surface area contributed by atoms with Gasteiger partial charge in [-0.05, 0) is 0 Å². The van der Waals surface area contributed by atoms with Crippen LogP contribution in [0.2, 0.25) is 0 Å². The third-order valence-corrected chi connectivity index (χ3v) is 4.15. The Hall–Kier alpha value is -1.18. The fraction of sp³-hybridized carbons (Fsp3) is 0.250. The number of halogens is 4. The highest BCUT2D eigenvalue weighted by molar-refractivity contribution is 6.97. The second-order valence-corrected chi connectivity index (χ2v) is 5.58. The summed E-state index contributed by atoms with van der Waals surface area (Å²) in [6, 6.07) is 0. The Morgan fingerprint density at radius 2 is 1.11 bits per heavy atom. The molecule has 18 heavy (non-hydrogen) atoms. The maximum absolute atomic E-state index is 11.8. The predicted octanol–water partition coefficient (Wildman–Crippen LogP) is 1.33. The number of Topliss-reactive ketones (excluding diaryl/α,β-unsaturated/α-hetero) is 2. The maximum Gasteiger partial charge on any atom is 0.224 e. The summed E-state index contributed by atoms with van der Waals surface area (Å²) in [7, 11) is 0. The molecular weight excluding hydrogens is 326 g/mol. The van der Waals surface area contributed by atoms with E-state index < -0.39 is 31.7 Å². The average Bonchev–Trinajstić information content (AvgIpc) is 2.30. The molecule has 0 aromatic carbocycles. The second kappa shape index (κ2) is 4.83. The van der Waals surface area contributed by atoms with Crippen LogP contribution < -0.4 is 0 Å². The Labute approximate surface area is 120 Å². The standard InChI is InChI=1S/C8Cl4N4O2/c9-7(10)5(17)3(15-1-13)4(16-2-14)6(18)8(7,11)12. The first kappa shape index (κ1) is 14.9. The normalized spacial score (nSPS) is 25.9. The van der Waals surface area contributed by atoms with Crippen molar-refractivity contribution in [3.8, 4) is 12.4 Å². The molecule has 1 aliphatic carbocycles. The number of carbonyl (C=O) groups excluding carboxylic acids is 2. The van der Waals surface area contributed by atoms with E-state index in [1.54, 1.807) is 0 Å². The van der Waals surface area contributed by atoms with E-state index in [1.807, 2.05) is 0 Å². The van der Waals surface area contributed by atoms with E-state index >= 15 is 0 Å². The molecule has 0 saturated heterocycles. The molecule has 0 N–H and O–H groups in total. The molecule has 0 radical (unpaired) electrons. The van der Waals surface area contributed by atoms with Crippen LogP contribution in [0.1, 0.15) is 0 Å². The lowest BCUT2D eigenvalue weighted by Crippen LogP contribution is -2.61. The number of carbonyl (C=O) groups is 2. The molecule has 0 unspecified atom stereocenters. The van der Waals surface area contributed by atoms with Gasteiger partial charge in [0, 0.05) is 0 Å². The Bertz CT molecular complexity index is 527. The Kier molecular flexibility index (Phi) is 3.99. The van der Waals surface area contributed by atoms with Crippen molar-refractivity contribution in [1.29, 1.82) is 10.5 Å². The molecule has 1 saturated carbocycles. The largest absolute Gasteiger partial charge is 0.289 e. The molecular formula is C8Cl4N4O2. The minimum absolute atomic E-state index is 0.758. The third kappa shape index (κ3) is 1.98. The lowest BCUT2D eigenvalue weighted by molar-refractivity contribution is -0.119. The van der Waals surface area contributed by atoms with Gasteiger partial charge in [-0.15, -0.1) is 0 Å². The predicted molar refractivity (Wildman–Crippen MR) is 65.0 cm³/mol. The highest BCUT2D eigenvalue weighted by Gasteiger charge is 2.65. The monoisotopic (exact) mass is 324 g/mol. The van der Waals surface area contributed by atoms with E-state index in [2.05, 4.69) is 9.98 Å². The minimum atomic E-state index is -2.53. The van der Waals surface area contributed by atoms with Crippen molar-refractivity contribution < 1.29 is 9.59 Å². The fourth-order valence-electron chi connectivity index (χ4n) is 1.11. The zero-order valence-corrected chi connectivity index (χ0v) is 11.1. The summed E-state index contributed by atoms with van der Waals surface area (Å²) in [6.07, 6.45) is 2.53. The number of ketones is 2. The lowest BCUT2D eigenvalue weighted by atomic mass is 9.91. The van der Waals surface area contributed by atoms with Crippen LogP contribution in [0.15, 0.2) is 9.98 Å². The van der Waals surface area contributed by atoms with Crippen molar-refractivity contribution in [1.82, 2.24) is 0 Å². The van der Waals surface area contributed by atoms with Crippen LogP contribution >= 0.6 is 46.4 Å². The Morgan fingerprint density at radius 1 is 0.833 bits per heavy atom. The molecule has 1 rings (SSSR count). The zero-order chi connectivity index (χ0) is 14.1. The Morgan fingerprint density at radius 3 is 1.33 bits per heavy atom. The van der Waals surface area contributed by atoms with E-state index in [4.69, 9.17) is 56.9 Å². The van der Waals surface area contributed by atoms with Gasteiger partial charge >= 0.3 is 0 Å². The van der Waals surface area contributed by atoms with Gasteiger partial charge in [-0.1, -0.05) is 46.4 Å². The molecule has 1 aliphatic rings. The third-order valence-electron chi connectivity index (χ3n) is 1.94. The van der Waals surface area contributed by atoms with Crippen LogP contribution in [0.25, 0.3) is 0 Å². The van der Waals surface area contributed by atoms with Crippen molar-refractivity contribution in [3.63, 3.8) is 0 Å². The number of nitrogens with zero attached hydrogens (tertiary/aromatic N) is 4. The summed E-state index contributed by atoms with van der Waals surface area (Å²) < 4.78 is -5.06. The second-order valence-electron chi connectivity index (χ2n) is 2.93. The highest BCUT2D eigenvalue weighted by Crippen LogP contribution is 2.47. The van der Waals surface area contributed by atoms with E-state index in [-0.39, 0.29) is 0 Å². The number of rotatable bonds is 0. The van der Waals surface area contributed by atoms with Gasteiger partial charge in [0.05, 0.1) is 0 Å². The summed E-state index contributed by atoms with van der Waals surface area (Å²) in [5, 5.41) is 16.8. The molecule has 92 valence electrons. The van der Waals surface area contributed by atoms with Gasteiger partial charge < -0.3 is 0 Å². The fourth-order valence-corrected chi connectivity index (χ4v) is 1.81. The summed E-state index contributed by atoms with van der Waals surface area (Å²) in [5.41, 5.74) is -1.52.